The molecule has 1 aliphatic heterocycles. The third-order valence-electron chi connectivity index (χ3n) is 3.23. The lowest BCUT2D eigenvalue weighted by Gasteiger charge is -2.23. The van der Waals surface area contributed by atoms with E-state index in [0.29, 0.717) is 5.56 Å². The van der Waals surface area contributed by atoms with Gasteiger partial charge >= 0.3 is 0 Å². The topological polar surface area (TPSA) is 57.3 Å². The van der Waals surface area contributed by atoms with Crippen molar-refractivity contribution in [2.75, 3.05) is 18.4 Å². The van der Waals surface area contributed by atoms with Crippen LogP contribution in [0, 0.1) is 11.3 Å². The predicted molar refractivity (Wildman–Crippen MR) is 71.7 cm³/mol. The first kappa shape index (κ1) is 13.1. The quantitative estimate of drug-likeness (QED) is 0.853. The number of thiophene rings is 1. The van der Waals surface area contributed by atoms with Gasteiger partial charge in [0.25, 0.3) is 0 Å². The van der Waals surface area contributed by atoms with E-state index in [9.17, 15) is 10.1 Å². The van der Waals surface area contributed by atoms with Gasteiger partial charge in [-0.05, 0) is 12.0 Å². The minimum Gasteiger partial charge on any atom is -0.330 e. The number of hydrogen-bond donors (Lipinski definition) is 2. The largest absolute Gasteiger partial charge is 0.330 e. The molecule has 1 aromatic rings. The molecule has 1 unspecified atom stereocenters. The summed E-state index contributed by atoms with van der Waals surface area (Å²) in [7, 11) is 0. The number of hydrogen-bond acceptors (Lipinski definition) is 3. The summed E-state index contributed by atoms with van der Waals surface area (Å²) in [6, 6.07) is 2.24. The number of nitriles is 1. The molecule has 0 aliphatic carbocycles. The van der Waals surface area contributed by atoms with Crippen molar-refractivity contribution >= 4 is 22.2 Å². The molecule has 5 heteroatoms. The first-order valence-electron chi connectivity index (χ1n) is 6.31. The van der Waals surface area contributed by atoms with Crippen LogP contribution in [0.2, 0.25) is 0 Å². The first-order valence-corrected chi connectivity index (χ1v) is 7.13. The number of carbonyl (C=O) groups excluding carboxylic acids is 1. The van der Waals surface area contributed by atoms with Crippen molar-refractivity contribution in [2.45, 2.75) is 33.2 Å². The van der Waals surface area contributed by atoms with Crippen LogP contribution in [0.1, 0.15) is 36.3 Å². The Hall–Kier alpha value is -1.38. The number of carbonyl (C=O) groups is 1. The van der Waals surface area contributed by atoms with Gasteiger partial charge in [-0.15, -0.1) is 11.3 Å². The fourth-order valence-corrected chi connectivity index (χ4v) is 3.79. The molecule has 0 saturated heterocycles. The zero-order valence-corrected chi connectivity index (χ0v) is 11.6. The maximum atomic E-state index is 11.1. The van der Waals surface area contributed by atoms with Gasteiger partial charge in [-0.25, -0.2) is 0 Å². The van der Waals surface area contributed by atoms with Crippen LogP contribution >= 0.6 is 11.3 Å². The number of amides is 1. The average molecular weight is 264 g/mol. The molecular weight excluding hydrogens is 246 g/mol. The van der Waals surface area contributed by atoms with Crippen LogP contribution < -0.4 is 10.2 Å². The lowest BCUT2D eigenvalue weighted by Crippen LogP contribution is -3.11. The van der Waals surface area contributed by atoms with Crippen molar-refractivity contribution in [1.29, 1.82) is 5.26 Å². The van der Waals surface area contributed by atoms with Crippen molar-refractivity contribution < 1.29 is 9.69 Å². The Morgan fingerprint density at radius 2 is 2.39 bits per heavy atom. The zero-order valence-electron chi connectivity index (χ0n) is 10.8. The highest BCUT2D eigenvalue weighted by Crippen LogP contribution is 2.33. The van der Waals surface area contributed by atoms with Crippen molar-refractivity contribution in [3.63, 3.8) is 0 Å². The Bertz CT molecular complexity index is 501. The zero-order chi connectivity index (χ0) is 13.1. The van der Waals surface area contributed by atoms with E-state index >= 15 is 0 Å². The predicted octanol–water partition coefficient (Wildman–Crippen LogP) is 0.929. The number of fused-ring (bicyclic) bond motifs is 1. The summed E-state index contributed by atoms with van der Waals surface area (Å²) in [5, 5.41) is 12.7. The van der Waals surface area contributed by atoms with Gasteiger partial charge in [0, 0.05) is 13.3 Å². The third-order valence-corrected chi connectivity index (χ3v) is 4.38. The lowest BCUT2D eigenvalue weighted by molar-refractivity contribution is -0.915. The third kappa shape index (κ3) is 2.55. The maximum Gasteiger partial charge on any atom is 0.221 e. The molecule has 0 aromatic carbocycles. The van der Waals surface area contributed by atoms with Crippen molar-refractivity contribution in [1.82, 2.24) is 0 Å². The van der Waals surface area contributed by atoms with E-state index in [1.807, 2.05) is 0 Å². The summed E-state index contributed by atoms with van der Waals surface area (Å²) >= 11 is 1.57. The summed E-state index contributed by atoms with van der Waals surface area (Å²) in [5.74, 6) is -0.108. The molecule has 2 rings (SSSR count). The maximum absolute atomic E-state index is 11.1. The van der Waals surface area contributed by atoms with Crippen molar-refractivity contribution in [2.24, 2.45) is 0 Å². The minimum atomic E-state index is -0.108. The van der Waals surface area contributed by atoms with Crippen LogP contribution in [0.5, 0.6) is 0 Å². The Labute approximate surface area is 111 Å². The SMILES string of the molecule is CCC[NH+]1CCc2c(sc(NC(C)=O)c2C#N)C1. The van der Waals surface area contributed by atoms with Gasteiger partial charge in [0.2, 0.25) is 5.91 Å². The van der Waals surface area contributed by atoms with Gasteiger partial charge in [0.1, 0.15) is 17.6 Å². The second-order valence-electron chi connectivity index (χ2n) is 4.68. The molecule has 0 fully saturated rings. The smallest absolute Gasteiger partial charge is 0.221 e. The molecule has 1 aliphatic rings. The molecule has 0 saturated carbocycles. The van der Waals surface area contributed by atoms with Gasteiger partial charge < -0.3 is 10.2 Å². The van der Waals surface area contributed by atoms with Crippen LogP contribution in [0.25, 0.3) is 0 Å². The number of quaternary nitrogens is 1. The Morgan fingerprint density at radius 3 is 3.00 bits per heavy atom. The van der Waals surface area contributed by atoms with Crippen LogP contribution in [0.15, 0.2) is 0 Å². The average Bonchev–Trinajstić information content (AvgIpc) is 2.64. The molecule has 96 valence electrons. The van der Waals surface area contributed by atoms with Crippen molar-refractivity contribution in [3.05, 3.63) is 16.0 Å². The summed E-state index contributed by atoms with van der Waals surface area (Å²) in [6.45, 7) is 6.93. The minimum absolute atomic E-state index is 0.108. The molecule has 1 aromatic heterocycles. The molecule has 18 heavy (non-hydrogen) atoms. The van der Waals surface area contributed by atoms with E-state index in [-0.39, 0.29) is 5.91 Å². The van der Waals surface area contributed by atoms with E-state index in [1.165, 1.54) is 24.8 Å². The highest BCUT2D eigenvalue weighted by Gasteiger charge is 2.26. The summed E-state index contributed by atoms with van der Waals surface area (Å²) in [6.07, 6.45) is 2.13. The molecule has 2 heterocycles. The Balaban J connectivity index is 2.28. The summed E-state index contributed by atoms with van der Waals surface area (Å²) < 4.78 is 0. The molecule has 1 atom stereocenters. The van der Waals surface area contributed by atoms with Gasteiger partial charge in [0.05, 0.1) is 23.5 Å². The van der Waals surface area contributed by atoms with Crippen LogP contribution in [0.3, 0.4) is 0 Å². The molecule has 0 radical (unpaired) electrons. The molecule has 0 bridgehead atoms. The van der Waals surface area contributed by atoms with Gasteiger partial charge in [-0.2, -0.15) is 5.26 Å². The van der Waals surface area contributed by atoms with Crippen LogP contribution in [0.4, 0.5) is 5.00 Å². The van der Waals surface area contributed by atoms with E-state index in [4.69, 9.17) is 0 Å². The van der Waals surface area contributed by atoms with Crippen LogP contribution in [-0.2, 0) is 17.8 Å². The van der Waals surface area contributed by atoms with E-state index in [1.54, 1.807) is 16.2 Å². The number of nitrogens with one attached hydrogen (secondary N) is 2. The number of nitrogens with zero attached hydrogens (tertiary/aromatic N) is 1. The monoisotopic (exact) mass is 264 g/mol. The molecule has 1 amide bonds. The van der Waals surface area contributed by atoms with Crippen molar-refractivity contribution in [3.8, 4) is 6.07 Å². The Morgan fingerprint density at radius 1 is 1.61 bits per heavy atom. The fraction of sp³-hybridized carbons (Fsp3) is 0.538. The highest BCUT2D eigenvalue weighted by atomic mass is 32.1. The van der Waals surface area contributed by atoms with Crippen LogP contribution in [-0.4, -0.2) is 19.0 Å². The second-order valence-corrected chi connectivity index (χ2v) is 5.78. The van der Waals surface area contributed by atoms with E-state index in [2.05, 4.69) is 18.3 Å². The standard InChI is InChI=1S/C13H17N3OS/c1-3-5-16-6-4-10-11(7-14)13(15-9(2)17)18-12(10)8-16/h3-6,8H2,1-2H3,(H,15,17)/p+1. The molecule has 4 nitrogen and oxygen atoms in total. The van der Waals surface area contributed by atoms with Gasteiger partial charge in [-0.3, -0.25) is 4.79 Å². The number of rotatable bonds is 3. The lowest BCUT2D eigenvalue weighted by atomic mass is 10.0. The second kappa shape index (κ2) is 5.51. The van der Waals surface area contributed by atoms with Gasteiger partial charge in [0.15, 0.2) is 0 Å². The fourth-order valence-electron chi connectivity index (χ4n) is 2.47. The summed E-state index contributed by atoms with van der Waals surface area (Å²) in [5.41, 5.74) is 1.84. The highest BCUT2D eigenvalue weighted by molar-refractivity contribution is 7.16. The Kier molecular flexibility index (Phi) is 4.00. The normalized spacial score (nSPS) is 17.9. The van der Waals surface area contributed by atoms with E-state index in [0.717, 1.165) is 30.1 Å². The summed E-state index contributed by atoms with van der Waals surface area (Å²) in [4.78, 5) is 14.0. The van der Waals surface area contributed by atoms with E-state index < -0.39 is 0 Å². The molecule has 2 N–H and O–H groups in total. The number of anilines is 1. The molecular formula is C13H18N3OS+. The first-order chi connectivity index (χ1) is 8.65. The van der Waals surface area contributed by atoms with Gasteiger partial charge in [-0.1, -0.05) is 6.92 Å². The molecule has 0 spiro atoms.